The Labute approximate surface area is 135 Å². The summed E-state index contributed by atoms with van der Waals surface area (Å²) >= 11 is 0. The van der Waals surface area contributed by atoms with E-state index in [9.17, 15) is 4.79 Å². The number of carbonyl (C=O) groups is 1. The summed E-state index contributed by atoms with van der Waals surface area (Å²) in [5.74, 6) is -0.478. The molecule has 0 fully saturated rings. The van der Waals surface area contributed by atoms with Crippen LogP contribution in [0.15, 0.2) is 54.2 Å². The van der Waals surface area contributed by atoms with Gasteiger partial charge in [-0.1, -0.05) is 6.07 Å². The number of nitrogens with two attached hydrogens (primary N) is 1. The molecule has 2 aromatic carbocycles. The molecule has 2 aromatic rings. The number of aryl methyl sites for hydroxylation is 2. The normalized spacial score (nSPS) is 10.7. The average molecular weight is 306 g/mol. The summed E-state index contributed by atoms with van der Waals surface area (Å²) in [5, 5.41) is 14.8. The van der Waals surface area contributed by atoms with Crippen LogP contribution in [0, 0.1) is 25.2 Å². The zero-order valence-corrected chi connectivity index (χ0v) is 13.1. The first-order valence-corrected chi connectivity index (χ1v) is 7.10. The van der Waals surface area contributed by atoms with Gasteiger partial charge in [-0.15, -0.1) is 0 Å². The molecule has 5 heteroatoms. The number of nitriles is 1. The van der Waals surface area contributed by atoms with Gasteiger partial charge >= 0.3 is 0 Å². The Morgan fingerprint density at radius 2 is 1.74 bits per heavy atom. The van der Waals surface area contributed by atoms with E-state index in [-0.39, 0.29) is 5.57 Å². The number of amides is 1. The van der Waals surface area contributed by atoms with E-state index in [1.54, 1.807) is 24.3 Å². The molecule has 2 rings (SSSR count). The first-order valence-electron chi connectivity index (χ1n) is 7.10. The number of hydrogen-bond acceptors (Lipinski definition) is 4. The lowest BCUT2D eigenvalue weighted by Gasteiger charge is -2.07. The first kappa shape index (κ1) is 16.1. The maximum atomic E-state index is 12.1. The smallest absolute Gasteiger partial charge is 0.267 e. The fraction of sp³-hybridized carbons (Fsp3) is 0.111. The van der Waals surface area contributed by atoms with Crippen LogP contribution in [-0.4, -0.2) is 5.91 Å². The number of nitrogens with zero attached hydrogens (tertiary/aromatic N) is 1. The van der Waals surface area contributed by atoms with Crippen molar-refractivity contribution < 1.29 is 4.79 Å². The monoisotopic (exact) mass is 306 g/mol. The summed E-state index contributed by atoms with van der Waals surface area (Å²) < 4.78 is 0. The maximum absolute atomic E-state index is 12.1. The Morgan fingerprint density at radius 3 is 2.35 bits per heavy atom. The van der Waals surface area contributed by atoms with Crippen LogP contribution in [0.3, 0.4) is 0 Å². The number of anilines is 3. The van der Waals surface area contributed by atoms with Gasteiger partial charge in [-0.05, 0) is 61.4 Å². The lowest BCUT2D eigenvalue weighted by molar-refractivity contribution is -0.112. The average Bonchev–Trinajstić information content (AvgIpc) is 2.53. The fourth-order valence-electron chi connectivity index (χ4n) is 1.90. The van der Waals surface area contributed by atoms with Gasteiger partial charge in [0, 0.05) is 23.3 Å². The molecule has 0 saturated heterocycles. The van der Waals surface area contributed by atoms with Crippen molar-refractivity contribution in [1.82, 2.24) is 0 Å². The Morgan fingerprint density at radius 1 is 1.09 bits per heavy atom. The molecule has 0 heterocycles. The van der Waals surface area contributed by atoms with Gasteiger partial charge in [0.15, 0.2) is 0 Å². The van der Waals surface area contributed by atoms with Gasteiger partial charge in [0.25, 0.3) is 5.91 Å². The molecule has 0 atom stereocenters. The molecule has 116 valence electrons. The molecule has 23 heavy (non-hydrogen) atoms. The van der Waals surface area contributed by atoms with Crippen molar-refractivity contribution in [2.45, 2.75) is 13.8 Å². The second-order valence-corrected chi connectivity index (χ2v) is 5.19. The van der Waals surface area contributed by atoms with Gasteiger partial charge in [0.2, 0.25) is 0 Å². The zero-order chi connectivity index (χ0) is 16.8. The van der Waals surface area contributed by atoms with Gasteiger partial charge in [0.1, 0.15) is 11.6 Å². The molecule has 0 spiro atoms. The van der Waals surface area contributed by atoms with Crippen LogP contribution in [0.4, 0.5) is 17.1 Å². The molecule has 0 aliphatic rings. The second kappa shape index (κ2) is 7.14. The fourth-order valence-corrected chi connectivity index (χ4v) is 1.90. The molecule has 0 bridgehead atoms. The number of rotatable bonds is 4. The molecular formula is C18H18N4O. The van der Waals surface area contributed by atoms with E-state index in [4.69, 9.17) is 11.0 Å². The summed E-state index contributed by atoms with van der Waals surface area (Å²) in [6.07, 6.45) is 1.40. The third-order valence-electron chi connectivity index (χ3n) is 3.42. The third-order valence-corrected chi connectivity index (χ3v) is 3.42. The third kappa shape index (κ3) is 4.35. The number of carbonyl (C=O) groups excluding carboxylic acids is 1. The van der Waals surface area contributed by atoms with Gasteiger partial charge in [0.05, 0.1) is 0 Å². The van der Waals surface area contributed by atoms with Crippen molar-refractivity contribution in [2.24, 2.45) is 0 Å². The molecule has 0 saturated carbocycles. The molecule has 4 N–H and O–H groups in total. The lowest BCUT2D eigenvalue weighted by atomic mass is 10.1. The quantitative estimate of drug-likeness (QED) is 0.459. The number of nitrogen functional groups attached to an aromatic ring is 1. The molecule has 0 aliphatic heterocycles. The van der Waals surface area contributed by atoms with E-state index in [2.05, 4.69) is 10.6 Å². The van der Waals surface area contributed by atoms with Crippen LogP contribution >= 0.6 is 0 Å². The molecule has 0 unspecified atom stereocenters. The van der Waals surface area contributed by atoms with Gasteiger partial charge in [-0.2, -0.15) is 5.26 Å². The van der Waals surface area contributed by atoms with Crippen molar-refractivity contribution in [3.8, 4) is 6.07 Å². The van der Waals surface area contributed by atoms with E-state index in [0.29, 0.717) is 11.4 Å². The van der Waals surface area contributed by atoms with E-state index in [1.807, 2.05) is 38.1 Å². The van der Waals surface area contributed by atoms with E-state index in [1.165, 1.54) is 11.8 Å². The van der Waals surface area contributed by atoms with E-state index < -0.39 is 5.91 Å². The van der Waals surface area contributed by atoms with Gasteiger partial charge < -0.3 is 16.4 Å². The summed E-state index contributed by atoms with van der Waals surface area (Å²) in [7, 11) is 0. The minimum absolute atomic E-state index is 0.0138. The standard InChI is InChI=1S/C18H18N4O/c1-12-3-6-17(9-13(12)2)21-11-14(10-19)18(23)22-16-7-4-15(20)5-8-16/h3-9,11,21H,20H2,1-2H3,(H,22,23)/b14-11-. The largest absolute Gasteiger partial charge is 0.399 e. The predicted molar refractivity (Wildman–Crippen MR) is 92.7 cm³/mol. The van der Waals surface area contributed by atoms with Crippen LogP contribution < -0.4 is 16.4 Å². The molecule has 1 amide bonds. The van der Waals surface area contributed by atoms with Crippen molar-refractivity contribution in [2.75, 3.05) is 16.4 Å². The maximum Gasteiger partial charge on any atom is 0.267 e. The van der Waals surface area contributed by atoms with Crippen LogP contribution in [0.1, 0.15) is 11.1 Å². The molecule has 0 radical (unpaired) electrons. The summed E-state index contributed by atoms with van der Waals surface area (Å²) in [6, 6.07) is 14.4. The first-order chi connectivity index (χ1) is 11.0. The second-order valence-electron chi connectivity index (χ2n) is 5.19. The van der Waals surface area contributed by atoms with Crippen molar-refractivity contribution in [3.63, 3.8) is 0 Å². The highest BCUT2D eigenvalue weighted by atomic mass is 16.1. The number of benzene rings is 2. The minimum atomic E-state index is -0.478. The van der Waals surface area contributed by atoms with Crippen molar-refractivity contribution >= 4 is 23.0 Å². The summed E-state index contributed by atoms with van der Waals surface area (Å²) in [6.45, 7) is 4.03. The minimum Gasteiger partial charge on any atom is -0.399 e. The highest BCUT2D eigenvalue weighted by Crippen LogP contribution is 2.15. The summed E-state index contributed by atoms with van der Waals surface area (Å²) in [4.78, 5) is 12.1. The van der Waals surface area contributed by atoms with Gasteiger partial charge in [-0.3, -0.25) is 4.79 Å². The van der Waals surface area contributed by atoms with E-state index >= 15 is 0 Å². The van der Waals surface area contributed by atoms with Crippen LogP contribution in [0.5, 0.6) is 0 Å². The van der Waals surface area contributed by atoms with Crippen LogP contribution in [-0.2, 0) is 4.79 Å². The molecular weight excluding hydrogens is 288 g/mol. The number of hydrogen-bond donors (Lipinski definition) is 3. The Balaban J connectivity index is 2.08. The Hall–Kier alpha value is -3.26. The van der Waals surface area contributed by atoms with E-state index in [0.717, 1.165) is 11.3 Å². The van der Waals surface area contributed by atoms with Crippen molar-refractivity contribution in [1.29, 1.82) is 5.26 Å². The summed E-state index contributed by atoms with van der Waals surface area (Å²) in [5.41, 5.74) is 9.90. The predicted octanol–water partition coefficient (Wildman–Crippen LogP) is 3.34. The molecule has 5 nitrogen and oxygen atoms in total. The van der Waals surface area contributed by atoms with Gasteiger partial charge in [-0.25, -0.2) is 0 Å². The van der Waals surface area contributed by atoms with Crippen LogP contribution in [0.25, 0.3) is 0 Å². The highest BCUT2D eigenvalue weighted by Gasteiger charge is 2.09. The Bertz CT molecular complexity index is 786. The topological polar surface area (TPSA) is 90.9 Å². The number of nitrogens with one attached hydrogen (secondary N) is 2. The molecule has 0 aromatic heterocycles. The van der Waals surface area contributed by atoms with Crippen molar-refractivity contribution in [3.05, 3.63) is 65.4 Å². The highest BCUT2D eigenvalue weighted by molar-refractivity contribution is 6.06. The zero-order valence-electron chi connectivity index (χ0n) is 13.1. The lowest BCUT2D eigenvalue weighted by Crippen LogP contribution is -2.14. The van der Waals surface area contributed by atoms with Crippen LogP contribution in [0.2, 0.25) is 0 Å². The molecule has 0 aliphatic carbocycles. The SMILES string of the molecule is Cc1ccc(N/C=C(/C#N)C(=O)Nc2ccc(N)cc2)cc1C. The Kier molecular flexibility index (Phi) is 5.00.